The summed E-state index contributed by atoms with van der Waals surface area (Å²) in [6, 6.07) is 0. The average molecular weight is 164 g/mol. The summed E-state index contributed by atoms with van der Waals surface area (Å²) in [6.45, 7) is 2.82. The number of Topliss-reactive ketones (excluding diaryl/α,β-unsaturated/α-hetero) is 1. The Kier molecular flexibility index (Phi) is 1.71. The maximum Gasteiger partial charge on any atom is 0.135 e. The van der Waals surface area contributed by atoms with Crippen LogP contribution in [0.2, 0.25) is 0 Å². The van der Waals surface area contributed by atoms with Gasteiger partial charge in [0.25, 0.3) is 0 Å². The van der Waals surface area contributed by atoms with Crippen LogP contribution >= 0.6 is 0 Å². The van der Waals surface area contributed by atoms with Gasteiger partial charge in [-0.1, -0.05) is 0 Å². The highest BCUT2D eigenvalue weighted by Gasteiger charge is 2.14. The molecule has 0 N–H and O–H groups in total. The molecule has 0 atom stereocenters. The number of aryl methyl sites for hydroxylation is 2. The van der Waals surface area contributed by atoms with Gasteiger partial charge < -0.3 is 0 Å². The van der Waals surface area contributed by atoms with Crippen LogP contribution in [0.4, 0.5) is 0 Å². The van der Waals surface area contributed by atoms with E-state index in [0.29, 0.717) is 18.6 Å². The second kappa shape index (κ2) is 2.73. The van der Waals surface area contributed by atoms with Crippen LogP contribution in [0, 0.1) is 6.92 Å². The number of nitrogens with zero attached hydrogens (tertiary/aromatic N) is 2. The van der Waals surface area contributed by atoms with Crippen molar-refractivity contribution in [3.8, 4) is 0 Å². The third-order valence-corrected chi connectivity index (χ3v) is 2.40. The fraction of sp³-hybridized carbons (Fsp3) is 0.556. The van der Waals surface area contributed by atoms with Gasteiger partial charge in [0.1, 0.15) is 5.78 Å². The van der Waals surface area contributed by atoms with E-state index in [1.54, 1.807) is 0 Å². The predicted octanol–water partition coefficient (Wildman–Crippen LogP) is 1.10. The molecule has 0 fully saturated rings. The van der Waals surface area contributed by atoms with Crippen LogP contribution < -0.4 is 0 Å². The van der Waals surface area contributed by atoms with E-state index >= 15 is 0 Å². The lowest BCUT2D eigenvalue weighted by Gasteiger charge is -2.00. The number of ketones is 1. The summed E-state index contributed by atoms with van der Waals surface area (Å²) in [5.41, 5.74) is 2.45. The van der Waals surface area contributed by atoms with Gasteiger partial charge in [-0.05, 0) is 18.9 Å². The van der Waals surface area contributed by atoms with Crippen LogP contribution in [-0.4, -0.2) is 15.6 Å². The standard InChI is InChI=1S/C9H12N2O/c1-7-6-10-11-5-4-8(12)2-3-9(7)11/h6H,2-5H2,1H3. The van der Waals surface area contributed by atoms with Crippen LogP contribution in [0.25, 0.3) is 0 Å². The first kappa shape index (κ1) is 7.53. The van der Waals surface area contributed by atoms with E-state index in [1.807, 2.05) is 10.9 Å². The Morgan fingerprint density at radius 3 is 3.08 bits per heavy atom. The van der Waals surface area contributed by atoms with Crippen molar-refractivity contribution in [2.24, 2.45) is 0 Å². The molecule has 2 heterocycles. The molecule has 0 bridgehead atoms. The summed E-state index contributed by atoms with van der Waals surface area (Å²) in [6.07, 6.45) is 4.08. The Morgan fingerprint density at radius 2 is 2.25 bits per heavy atom. The molecule has 3 nitrogen and oxygen atoms in total. The normalized spacial score (nSPS) is 17.2. The van der Waals surface area contributed by atoms with Crippen LogP contribution in [-0.2, 0) is 17.8 Å². The Bertz CT molecular complexity index is 314. The van der Waals surface area contributed by atoms with Crippen LogP contribution in [0.1, 0.15) is 24.1 Å². The van der Waals surface area contributed by atoms with Gasteiger partial charge in [0.15, 0.2) is 0 Å². The van der Waals surface area contributed by atoms with Gasteiger partial charge >= 0.3 is 0 Å². The highest BCUT2D eigenvalue weighted by Crippen LogP contribution is 2.14. The van der Waals surface area contributed by atoms with Crippen molar-refractivity contribution in [2.75, 3.05) is 0 Å². The predicted molar refractivity (Wildman–Crippen MR) is 44.9 cm³/mol. The molecule has 12 heavy (non-hydrogen) atoms. The fourth-order valence-electron chi connectivity index (χ4n) is 1.64. The van der Waals surface area contributed by atoms with Crippen molar-refractivity contribution in [1.29, 1.82) is 0 Å². The van der Waals surface area contributed by atoms with Crippen molar-refractivity contribution in [3.05, 3.63) is 17.5 Å². The Hall–Kier alpha value is -1.12. The van der Waals surface area contributed by atoms with Gasteiger partial charge in [-0.3, -0.25) is 9.48 Å². The van der Waals surface area contributed by atoms with Crippen molar-refractivity contribution in [2.45, 2.75) is 32.7 Å². The van der Waals surface area contributed by atoms with Crippen molar-refractivity contribution < 1.29 is 4.79 Å². The number of carbonyl (C=O) groups is 1. The minimum absolute atomic E-state index is 0.361. The number of hydrogen-bond donors (Lipinski definition) is 0. The van der Waals surface area contributed by atoms with E-state index in [0.717, 1.165) is 13.0 Å². The summed E-state index contributed by atoms with van der Waals surface area (Å²) in [5.74, 6) is 0.361. The van der Waals surface area contributed by atoms with Gasteiger partial charge in [0, 0.05) is 25.1 Å². The molecular weight excluding hydrogens is 152 g/mol. The van der Waals surface area contributed by atoms with Crippen molar-refractivity contribution in [3.63, 3.8) is 0 Å². The lowest BCUT2D eigenvalue weighted by Crippen LogP contribution is -2.03. The van der Waals surface area contributed by atoms with Gasteiger partial charge in [0.2, 0.25) is 0 Å². The molecule has 64 valence electrons. The molecule has 0 amide bonds. The summed E-state index contributed by atoms with van der Waals surface area (Å²) in [4.78, 5) is 11.1. The lowest BCUT2D eigenvalue weighted by molar-refractivity contribution is -0.119. The van der Waals surface area contributed by atoms with Gasteiger partial charge in [-0.2, -0.15) is 5.10 Å². The molecule has 0 saturated heterocycles. The molecule has 3 heteroatoms. The summed E-state index contributed by atoms with van der Waals surface area (Å²) < 4.78 is 1.96. The zero-order chi connectivity index (χ0) is 8.55. The van der Waals surface area contributed by atoms with E-state index in [4.69, 9.17) is 0 Å². The third-order valence-electron chi connectivity index (χ3n) is 2.40. The SMILES string of the molecule is Cc1cnn2c1CCC(=O)CC2. The molecule has 0 radical (unpaired) electrons. The van der Waals surface area contributed by atoms with E-state index in [9.17, 15) is 4.79 Å². The first-order chi connectivity index (χ1) is 5.77. The molecule has 0 aromatic carbocycles. The van der Waals surface area contributed by atoms with Crippen molar-refractivity contribution >= 4 is 5.78 Å². The molecule has 0 spiro atoms. The van der Waals surface area contributed by atoms with Gasteiger partial charge in [0.05, 0.1) is 6.20 Å². The topological polar surface area (TPSA) is 34.9 Å². The summed E-state index contributed by atoms with van der Waals surface area (Å²) in [5, 5.41) is 4.22. The number of hydrogen-bond acceptors (Lipinski definition) is 2. The maximum absolute atomic E-state index is 11.1. The van der Waals surface area contributed by atoms with Crippen LogP contribution in [0.3, 0.4) is 0 Å². The second-order valence-corrected chi connectivity index (χ2v) is 3.29. The number of carbonyl (C=O) groups excluding carboxylic acids is 1. The minimum atomic E-state index is 0.361. The first-order valence-electron chi connectivity index (χ1n) is 4.30. The molecule has 1 aromatic rings. The molecule has 1 aromatic heterocycles. The maximum atomic E-state index is 11.1. The number of aromatic nitrogens is 2. The molecule has 0 unspecified atom stereocenters. The first-order valence-corrected chi connectivity index (χ1v) is 4.30. The Labute approximate surface area is 71.4 Å². The smallest absolute Gasteiger partial charge is 0.135 e. The molecule has 0 aliphatic carbocycles. The molecule has 1 aliphatic rings. The molecule has 0 saturated carbocycles. The van der Waals surface area contributed by atoms with Crippen LogP contribution in [0.15, 0.2) is 6.20 Å². The highest BCUT2D eigenvalue weighted by atomic mass is 16.1. The average Bonchev–Trinajstić information content (AvgIpc) is 2.28. The van der Waals surface area contributed by atoms with E-state index in [1.165, 1.54) is 11.3 Å². The second-order valence-electron chi connectivity index (χ2n) is 3.29. The molecule has 1 aliphatic heterocycles. The fourth-order valence-corrected chi connectivity index (χ4v) is 1.64. The molecular formula is C9H12N2O. The minimum Gasteiger partial charge on any atom is -0.300 e. The number of rotatable bonds is 0. The largest absolute Gasteiger partial charge is 0.300 e. The zero-order valence-corrected chi connectivity index (χ0v) is 7.21. The lowest BCUT2D eigenvalue weighted by atomic mass is 10.1. The quantitative estimate of drug-likeness (QED) is 0.575. The van der Waals surface area contributed by atoms with Crippen LogP contribution in [0.5, 0.6) is 0 Å². The monoisotopic (exact) mass is 164 g/mol. The van der Waals surface area contributed by atoms with Crippen molar-refractivity contribution in [1.82, 2.24) is 9.78 Å². The summed E-state index contributed by atoms with van der Waals surface area (Å²) in [7, 11) is 0. The number of fused-ring (bicyclic) bond motifs is 1. The summed E-state index contributed by atoms with van der Waals surface area (Å²) >= 11 is 0. The Morgan fingerprint density at radius 1 is 1.42 bits per heavy atom. The van der Waals surface area contributed by atoms with E-state index < -0.39 is 0 Å². The molecule has 2 rings (SSSR count). The van der Waals surface area contributed by atoms with Gasteiger partial charge in [-0.25, -0.2) is 0 Å². The zero-order valence-electron chi connectivity index (χ0n) is 7.21. The van der Waals surface area contributed by atoms with E-state index in [2.05, 4.69) is 12.0 Å². The third kappa shape index (κ3) is 1.15. The highest BCUT2D eigenvalue weighted by molar-refractivity contribution is 5.78. The van der Waals surface area contributed by atoms with Gasteiger partial charge in [-0.15, -0.1) is 0 Å². The Balaban J connectivity index is 2.33. The van der Waals surface area contributed by atoms with E-state index in [-0.39, 0.29) is 0 Å².